The lowest BCUT2D eigenvalue weighted by atomic mass is 9.85. The molecule has 1 atom stereocenters. The zero-order valence-corrected chi connectivity index (χ0v) is 33.7. The van der Waals surface area contributed by atoms with E-state index in [4.69, 9.17) is 4.99 Å². The largest absolute Gasteiger partial charge is 0.328 e. The van der Waals surface area contributed by atoms with Crippen molar-refractivity contribution in [1.82, 2.24) is 5.32 Å². The topological polar surface area (TPSA) is 38.4 Å². The predicted molar refractivity (Wildman–Crippen MR) is 261 cm³/mol. The van der Waals surface area contributed by atoms with Crippen LogP contribution in [0.4, 0.5) is 0 Å². The number of benzene rings is 12. The van der Waals surface area contributed by atoms with Gasteiger partial charge in [-0.1, -0.05) is 182 Å². The summed E-state index contributed by atoms with van der Waals surface area (Å²) in [6.45, 7) is 0. The Balaban J connectivity index is 1.04. The SMILES string of the molecule is c1ccc(C2=NC(c3cccc(-c4cc(-c5ccc6ccc7cccc8ccc5c6c78)ccc4-c4ccc5ccc6cccc7ccc4c5c67)c3)=[NH+]C(c3ccccc3)N2)cc1. The van der Waals surface area contributed by atoms with E-state index in [2.05, 4.69) is 217 Å². The van der Waals surface area contributed by atoms with Crippen molar-refractivity contribution >= 4 is 76.3 Å². The monoisotopic (exact) mass is 788 g/mol. The van der Waals surface area contributed by atoms with E-state index >= 15 is 0 Å². The summed E-state index contributed by atoms with van der Waals surface area (Å²) in [5.41, 5.74) is 10.3. The van der Waals surface area contributed by atoms with Crippen molar-refractivity contribution in [2.75, 3.05) is 0 Å². The molecule has 0 aromatic heterocycles. The Bertz CT molecular complexity index is 3740. The molecule has 1 aliphatic heterocycles. The van der Waals surface area contributed by atoms with Gasteiger partial charge in [0.05, 0.1) is 5.56 Å². The average Bonchev–Trinajstić information content (AvgIpc) is 3.35. The van der Waals surface area contributed by atoms with E-state index in [-0.39, 0.29) is 6.17 Å². The number of amidine groups is 2. The van der Waals surface area contributed by atoms with Crippen molar-refractivity contribution in [3.63, 3.8) is 0 Å². The maximum Gasteiger partial charge on any atom is 0.328 e. The normalized spacial score (nSPS) is 14.3. The molecule has 62 heavy (non-hydrogen) atoms. The van der Waals surface area contributed by atoms with Crippen LogP contribution in [0.15, 0.2) is 217 Å². The summed E-state index contributed by atoms with van der Waals surface area (Å²) in [6.07, 6.45) is -0.159. The second-order valence-electron chi connectivity index (χ2n) is 16.6. The molecule has 1 aliphatic rings. The van der Waals surface area contributed by atoms with Crippen molar-refractivity contribution in [1.29, 1.82) is 0 Å². The van der Waals surface area contributed by atoms with Crippen LogP contribution in [0, 0.1) is 0 Å². The first kappa shape index (κ1) is 34.7. The van der Waals surface area contributed by atoms with Crippen LogP contribution in [0.2, 0.25) is 0 Å². The van der Waals surface area contributed by atoms with Crippen LogP contribution in [0.5, 0.6) is 0 Å². The van der Waals surface area contributed by atoms with Gasteiger partial charge in [0, 0.05) is 11.1 Å². The highest BCUT2D eigenvalue weighted by molar-refractivity contribution is 6.27. The van der Waals surface area contributed by atoms with Crippen LogP contribution in [0.3, 0.4) is 0 Å². The van der Waals surface area contributed by atoms with Crippen molar-refractivity contribution in [3.05, 3.63) is 229 Å². The summed E-state index contributed by atoms with van der Waals surface area (Å²) in [6, 6.07) is 77.7. The lowest BCUT2D eigenvalue weighted by Gasteiger charge is -2.19. The molecule has 288 valence electrons. The molecule has 0 amide bonds. The lowest BCUT2D eigenvalue weighted by Crippen LogP contribution is -2.80. The van der Waals surface area contributed by atoms with E-state index < -0.39 is 0 Å². The van der Waals surface area contributed by atoms with Crippen molar-refractivity contribution in [2.45, 2.75) is 6.17 Å². The fraction of sp³-hybridized carbons (Fsp3) is 0.0169. The highest BCUT2D eigenvalue weighted by Gasteiger charge is 2.28. The number of nitrogens with one attached hydrogen (secondary N) is 2. The third kappa shape index (κ3) is 5.45. The molecule has 0 bridgehead atoms. The van der Waals surface area contributed by atoms with Gasteiger partial charge in [-0.25, -0.2) is 4.99 Å². The second kappa shape index (κ2) is 13.7. The van der Waals surface area contributed by atoms with Gasteiger partial charge < -0.3 is 5.32 Å². The molecule has 12 aromatic carbocycles. The van der Waals surface area contributed by atoms with Crippen LogP contribution >= 0.6 is 0 Å². The summed E-state index contributed by atoms with van der Waals surface area (Å²) >= 11 is 0. The average molecular weight is 789 g/mol. The summed E-state index contributed by atoms with van der Waals surface area (Å²) in [7, 11) is 0. The predicted octanol–water partition coefficient (Wildman–Crippen LogP) is 13.1. The second-order valence-corrected chi connectivity index (χ2v) is 16.6. The quantitative estimate of drug-likeness (QED) is 0.162. The third-order valence-corrected chi connectivity index (χ3v) is 13.1. The Hall–Kier alpha value is -8.14. The molecule has 0 saturated heterocycles. The maximum absolute atomic E-state index is 5.25. The molecule has 0 aliphatic carbocycles. The molecule has 0 fully saturated rings. The van der Waals surface area contributed by atoms with Crippen molar-refractivity contribution in [3.8, 4) is 33.4 Å². The maximum atomic E-state index is 5.25. The Kier molecular flexibility index (Phi) is 7.67. The molecular weight excluding hydrogens is 751 g/mol. The first-order valence-electron chi connectivity index (χ1n) is 21.4. The fourth-order valence-electron chi connectivity index (χ4n) is 10.2. The first-order valence-corrected chi connectivity index (χ1v) is 21.4. The van der Waals surface area contributed by atoms with Gasteiger partial charge >= 0.3 is 5.84 Å². The summed E-state index contributed by atoms with van der Waals surface area (Å²) in [5.74, 6) is 1.66. The van der Waals surface area contributed by atoms with E-state index in [1.807, 2.05) is 6.07 Å². The van der Waals surface area contributed by atoms with Crippen LogP contribution < -0.4 is 10.3 Å². The molecular formula is C59H38N3+. The van der Waals surface area contributed by atoms with E-state index in [1.54, 1.807) is 0 Å². The van der Waals surface area contributed by atoms with Crippen LogP contribution in [-0.4, -0.2) is 11.7 Å². The Labute approximate surface area is 358 Å². The van der Waals surface area contributed by atoms with Crippen LogP contribution in [0.1, 0.15) is 22.9 Å². The summed E-state index contributed by atoms with van der Waals surface area (Å²) in [5, 5.41) is 19.1. The number of hydrogen-bond donors (Lipinski definition) is 2. The molecule has 0 saturated carbocycles. The van der Waals surface area contributed by atoms with E-state index in [9.17, 15) is 0 Å². The molecule has 2 N–H and O–H groups in total. The molecule has 12 aromatic rings. The number of nitrogens with zero attached hydrogens (tertiary/aromatic N) is 1. The number of hydrogen-bond acceptors (Lipinski definition) is 2. The van der Waals surface area contributed by atoms with Gasteiger partial charge in [-0.15, -0.1) is 0 Å². The Morgan fingerprint density at radius 2 is 0.823 bits per heavy atom. The van der Waals surface area contributed by atoms with Crippen molar-refractivity contribution < 1.29 is 4.99 Å². The standard InChI is InChI=1S/C59H37N3/c1-3-10-42(11-4-1)57-60-58(43-12-5-2-6-13-43)62-59(61-57)46-19-9-18-44(34-46)52-35-45(47-29-24-40-22-20-36-14-7-16-38-26-32-50(47)55(40)53(36)38)28-31-49(52)48-30-25-41-23-21-37-15-8-17-39-27-33-51(48)56(41)54(37)39/h1-35,57H,(H,60,61,62)/p+1. The van der Waals surface area contributed by atoms with Gasteiger partial charge in [0.1, 0.15) is 0 Å². The highest BCUT2D eigenvalue weighted by Crippen LogP contribution is 2.45. The number of aliphatic imine (C=N–C) groups is 1. The van der Waals surface area contributed by atoms with Gasteiger partial charge in [-0.2, -0.15) is 0 Å². The highest BCUT2D eigenvalue weighted by atomic mass is 15.2. The molecule has 0 spiro atoms. The van der Waals surface area contributed by atoms with Crippen molar-refractivity contribution in [2.24, 2.45) is 4.99 Å². The van der Waals surface area contributed by atoms with Gasteiger partial charge in [-0.05, 0) is 133 Å². The van der Waals surface area contributed by atoms with E-state index in [0.717, 1.165) is 33.9 Å². The fourth-order valence-corrected chi connectivity index (χ4v) is 10.2. The minimum absolute atomic E-state index is 0.159. The summed E-state index contributed by atoms with van der Waals surface area (Å²) in [4.78, 5) is 9.01. The molecule has 0 radical (unpaired) electrons. The number of rotatable bonds is 6. The molecule has 3 heteroatoms. The minimum atomic E-state index is -0.159. The van der Waals surface area contributed by atoms with E-state index in [0.29, 0.717) is 0 Å². The Morgan fingerprint density at radius 3 is 1.48 bits per heavy atom. The molecule has 1 heterocycles. The summed E-state index contributed by atoms with van der Waals surface area (Å²) < 4.78 is 0. The first-order chi connectivity index (χ1) is 30.7. The Morgan fingerprint density at radius 1 is 0.339 bits per heavy atom. The smallest absolute Gasteiger partial charge is 0.307 e. The van der Waals surface area contributed by atoms with Crippen LogP contribution in [-0.2, 0) is 0 Å². The van der Waals surface area contributed by atoms with Gasteiger partial charge in [-0.3, -0.25) is 0 Å². The minimum Gasteiger partial charge on any atom is -0.307 e. The van der Waals surface area contributed by atoms with Gasteiger partial charge in [0.15, 0.2) is 6.17 Å². The van der Waals surface area contributed by atoms with Gasteiger partial charge in [0.25, 0.3) is 5.84 Å². The third-order valence-electron chi connectivity index (χ3n) is 13.1. The molecule has 1 unspecified atom stereocenters. The van der Waals surface area contributed by atoms with Crippen LogP contribution in [0.25, 0.3) is 98.0 Å². The molecule has 13 rings (SSSR count). The zero-order valence-electron chi connectivity index (χ0n) is 33.7. The zero-order chi connectivity index (χ0) is 40.7. The molecule has 3 nitrogen and oxygen atoms in total. The van der Waals surface area contributed by atoms with Gasteiger partial charge in [0.2, 0.25) is 0 Å². The van der Waals surface area contributed by atoms with E-state index in [1.165, 1.54) is 92.5 Å². The lowest BCUT2D eigenvalue weighted by molar-refractivity contribution is -0.516.